The highest BCUT2D eigenvalue weighted by Gasteiger charge is 2.18. The summed E-state index contributed by atoms with van der Waals surface area (Å²) in [6, 6.07) is 4.71. The maximum atomic E-state index is 10.8. The maximum Gasteiger partial charge on any atom is 0.335 e. The molecule has 1 aromatic carbocycles. The number of carboxylic acid groups (broad SMARTS) is 1. The first-order valence-corrected chi connectivity index (χ1v) is 6.81. The molecular formula is C13H16BrNO4. The molecule has 1 N–H and O–H groups in total. The van der Waals surface area contributed by atoms with Crippen LogP contribution in [-0.4, -0.2) is 55.4 Å². The number of morpholine rings is 1. The Kier molecular flexibility index (Phi) is 4.79. The van der Waals surface area contributed by atoms with E-state index in [-0.39, 0.29) is 11.7 Å². The minimum Gasteiger partial charge on any atom is -0.490 e. The zero-order valence-electron chi connectivity index (χ0n) is 10.6. The molecule has 0 aromatic heterocycles. The van der Waals surface area contributed by atoms with Crippen molar-refractivity contribution in [2.24, 2.45) is 0 Å². The van der Waals surface area contributed by atoms with E-state index in [1.165, 1.54) is 12.1 Å². The molecule has 1 atom stereocenters. The Morgan fingerprint density at radius 3 is 3.05 bits per heavy atom. The molecule has 1 saturated heterocycles. The summed E-state index contributed by atoms with van der Waals surface area (Å²) in [4.78, 5) is 13.0. The molecule has 0 aliphatic carbocycles. The third kappa shape index (κ3) is 3.92. The Hall–Kier alpha value is -1.11. The SMILES string of the molecule is CN1CCOC(COc2ccc(C(=O)O)cc2Br)C1. The van der Waals surface area contributed by atoms with Crippen LogP contribution in [0.2, 0.25) is 0 Å². The molecule has 104 valence electrons. The lowest BCUT2D eigenvalue weighted by atomic mass is 10.2. The summed E-state index contributed by atoms with van der Waals surface area (Å²) in [6.45, 7) is 2.94. The number of benzene rings is 1. The van der Waals surface area contributed by atoms with Crippen molar-refractivity contribution in [2.45, 2.75) is 6.10 Å². The van der Waals surface area contributed by atoms with E-state index >= 15 is 0 Å². The first kappa shape index (κ1) is 14.3. The van der Waals surface area contributed by atoms with Crippen LogP contribution in [0.1, 0.15) is 10.4 Å². The molecule has 1 unspecified atom stereocenters. The number of carboxylic acids is 1. The van der Waals surface area contributed by atoms with Crippen LogP contribution < -0.4 is 4.74 Å². The zero-order valence-corrected chi connectivity index (χ0v) is 12.2. The molecule has 0 bridgehead atoms. The molecule has 6 heteroatoms. The van der Waals surface area contributed by atoms with Gasteiger partial charge in [-0.1, -0.05) is 0 Å². The van der Waals surface area contributed by atoms with E-state index in [0.717, 1.165) is 13.1 Å². The van der Waals surface area contributed by atoms with Crippen LogP contribution in [0.15, 0.2) is 22.7 Å². The zero-order chi connectivity index (χ0) is 13.8. The predicted molar refractivity (Wildman–Crippen MR) is 73.8 cm³/mol. The number of rotatable bonds is 4. The molecule has 0 amide bonds. The number of carbonyl (C=O) groups is 1. The van der Waals surface area contributed by atoms with Gasteiger partial charge in [0.25, 0.3) is 0 Å². The van der Waals surface area contributed by atoms with E-state index in [1.807, 2.05) is 7.05 Å². The van der Waals surface area contributed by atoms with Gasteiger partial charge in [0.2, 0.25) is 0 Å². The third-order valence-corrected chi connectivity index (χ3v) is 3.57. The Morgan fingerprint density at radius 2 is 2.42 bits per heavy atom. The van der Waals surface area contributed by atoms with Crippen molar-refractivity contribution in [3.8, 4) is 5.75 Å². The van der Waals surface area contributed by atoms with Crippen molar-refractivity contribution in [1.82, 2.24) is 4.90 Å². The number of likely N-dealkylation sites (N-methyl/N-ethyl adjacent to an activating group) is 1. The van der Waals surface area contributed by atoms with Gasteiger partial charge >= 0.3 is 5.97 Å². The Bertz CT molecular complexity index is 466. The minimum atomic E-state index is -0.954. The van der Waals surface area contributed by atoms with E-state index in [0.29, 0.717) is 23.4 Å². The quantitative estimate of drug-likeness (QED) is 0.913. The highest BCUT2D eigenvalue weighted by molar-refractivity contribution is 9.10. The molecule has 0 spiro atoms. The smallest absolute Gasteiger partial charge is 0.335 e. The van der Waals surface area contributed by atoms with Crippen LogP contribution in [0.5, 0.6) is 5.75 Å². The molecule has 5 nitrogen and oxygen atoms in total. The van der Waals surface area contributed by atoms with Gasteiger partial charge in [-0.05, 0) is 41.2 Å². The van der Waals surface area contributed by atoms with E-state index in [2.05, 4.69) is 20.8 Å². The molecule has 1 aliphatic heterocycles. The maximum absolute atomic E-state index is 10.8. The van der Waals surface area contributed by atoms with Gasteiger partial charge in [-0.25, -0.2) is 4.79 Å². The van der Waals surface area contributed by atoms with Crippen molar-refractivity contribution < 1.29 is 19.4 Å². The van der Waals surface area contributed by atoms with Gasteiger partial charge in [0.15, 0.2) is 0 Å². The van der Waals surface area contributed by atoms with E-state index < -0.39 is 5.97 Å². The molecular weight excluding hydrogens is 314 g/mol. The lowest BCUT2D eigenvalue weighted by Gasteiger charge is -2.29. The van der Waals surface area contributed by atoms with Crippen LogP contribution in [0.25, 0.3) is 0 Å². The normalized spacial score (nSPS) is 20.2. The second-order valence-corrected chi connectivity index (χ2v) is 5.37. The van der Waals surface area contributed by atoms with Gasteiger partial charge < -0.3 is 19.5 Å². The van der Waals surface area contributed by atoms with Gasteiger partial charge in [0.05, 0.1) is 16.6 Å². The van der Waals surface area contributed by atoms with E-state index in [1.54, 1.807) is 6.07 Å². The molecule has 1 aliphatic rings. The topological polar surface area (TPSA) is 59.0 Å². The van der Waals surface area contributed by atoms with Crippen molar-refractivity contribution >= 4 is 21.9 Å². The summed E-state index contributed by atoms with van der Waals surface area (Å²) in [5.41, 5.74) is 0.230. The Balaban J connectivity index is 1.94. The summed E-state index contributed by atoms with van der Waals surface area (Å²) >= 11 is 3.31. The van der Waals surface area contributed by atoms with Crippen LogP contribution in [0, 0.1) is 0 Å². The standard InChI is InChI=1S/C13H16BrNO4/c1-15-4-5-18-10(7-15)8-19-12-3-2-9(13(16)17)6-11(12)14/h2-3,6,10H,4-5,7-8H2,1H3,(H,16,17). The highest BCUT2D eigenvalue weighted by Crippen LogP contribution is 2.26. The summed E-state index contributed by atoms with van der Waals surface area (Å²) in [5, 5.41) is 8.88. The summed E-state index contributed by atoms with van der Waals surface area (Å²) in [6.07, 6.45) is 0.0461. The van der Waals surface area contributed by atoms with Gasteiger partial charge in [0.1, 0.15) is 18.5 Å². The number of nitrogens with zero attached hydrogens (tertiary/aromatic N) is 1. The van der Waals surface area contributed by atoms with Crippen LogP contribution >= 0.6 is 15.9 Å². The van der Waals surface area contributed by atoms with Gasteiger partial charge in [-0.2, -0.15) is 0 Å². The largest absolute Gasteiger partial charge is 0.490 e. The fraction of sp³-hybridized carbons (Fsp3) is 0.462. The molecule has 2 rings (SSSR count). The second kappa shape index (κ2) is 6.36. The third-order valence-electron chi connectivity index (χ3n) is 2.95. The van der Waals surface area contributed by atoms with Crippen LogP contribution in [0.3, 0.4) is 0 Å². The molecule has 0 radical (unpaired) electrons. The summed E-state index contributed by atoms with van der Waals surface area (Å²) in [7, 11) is 2.05. The van der Waals surface area contributed by atoms with Crippen molar-refractivity contribution in [1.29, 1.82) is 0 Å². The average Bonchev–Trinajstić information content (AvgIpc) is 2.37. The first-order chi connectivity index (χ1) is 9.06. The lowest BCUT2D eigenvalue weighted by Crippen LogP contribution is -2.42. The lowest BCUT2D eigenvalue weighted by molar-refractivity contribution is -0.0404. The van der Waals surface area contributed by atoms with Gasteiger partial charge in [0, 0.05) is 13.1 Å². The molecule has 1 aromatic rings. The molecule has 1 heterocycles. The number of hydrogen-bond acceptors (Lipinski definition) is 4. The first-order valence-electron chi connectivity index (χ1n) is 6.02. The summed E-state index contributed by atoms with van der Waals surface area (Å²) < 4.78 is 11.9. The van der Waals surface area contributed by atoms with E-state index in [4.69, 9.17) is 14.6 Å². The van der Waals surface area contributed by atoms with Crippen LogP contribution in [0.4, 0.5) is 0 Å². The second-order valence-electron chi connectivity index (χ2n) is 4.52. The predicted octanol–water partition coefficient (Wildman–Crippen LogP) is 1.86. The highest BCUT2D eigenvalue weighted by atomic mass is 79.9. The Labute approximate surface area is 120 Å². The summed E-state index contributed by atoms with van der Waals surface area (Å²) in [5.74, 6) is -0.327. The Morgan fingerprint density at radius 1 is 1.63 bits per heavy atom. The van der Waals surface area contributed by atoms with Gasteiger partial charge in [-0.3, -0.25) is 0 Å². The fourth-order valence-corrected chi connectivity index (χ4v) is 2.39. The monoisotopic (exact) mass is 329 g/mol. The molecule has 0 saturated carbocycles. The molecule has 19 heavy (non-hydrogen) atoms. The average molecular weight is 330 g/mol. The van der Waals surface area contributed by atoms with Gasteiger partial charge in [-0.15, -0.1) is 0 Å². The van der Waals surface area contributed by atoms with E-state index in [9.17, 15) is 4.79 Å². The van der Waals surface area contributed by atoms with Crippen molar-refractivity contribution in [3.63, 3.8) is 0 Å². The number of aromatic carboxylic acids is 1. The molecule has 1 fully saturated rings. The van der Waals surface area contributed by atoms with Crippen LogP contribution in [-0.2, 0) is 4.74 Å². The van der Waals surface area contributed by atoms with Crippen molar-refractivity contribution in [2.75, 3.05) is 33.4 Å². The number of hydrogen-bond donors (Lipinski definition) is 1. The minimum absolute atomic E-state index is 0.0461. The number of ether oxygens (including phenoxy) is 2. The fourth-order valence-electron chi connectivity index (χ4n) is 1.90. The number of halogens is 1. The van der Waals surface area contributed by atoms with Crippen molar-refractivity contribution in [3.05, 3.63) is 28.2 Å².